The molecule has 3 aromatic heterocycles. The minimum atomic E-state index is -0.381. The number of aromatic nitrogens is 5. The van der Waals surface area contributed by atoms with Crippen LogP contribution in [0.3, 0.4) is 0 Å². The van der Waals surface area contributed by atoms with Crippen molar-refractivity contribution in [2.75, 3.05) is 72.9 Å². The molecule has 0 bridgehead atoms. The molecule has 3 N–H and O–H groups in total. The van der Waals surface area contributed by atoms with Crippen LogP contribution in [0, 0.1) is 12.8 Å². The molecule has 0 radical (unpaired) electrons. The zero-order chi connectivity index (χ0) is 40.0. The number of piperidine rings is 3. The van der Waals surface area contributed by atoms with Gasteiger partial charge in [-0.15, -0.1) is 0 Å². The number of rotatable bonds is 8. The number of pyridine rings is 1. The minimum Gasteiger partial charge on any atom is -0.474 e. The molecule has 306 valence electrons. The molecule has 14 heteroatoms. The van der Waals surface area contributed by atoms with E-state index in [9.17, 15) is 9.59 Å². The van der Waals surface area contributed by atoms with E-state index in [0.29, 0.717) is 49.7 Å². The van der Waals surface area contributed by atoms with E-state index in [1.807, 2.05) is 24.1 Å². The van der Waals surface area contributed by atoms with Gasteiger partial charge in [0.1, 0.15) is 12.3 Å². The monoisotopic (exact) mass is 795 g/mol. The molecule has 5 aromatic rings. The minimum absolute atomic E-state index is 0.195. The molecule has 1 unspecified atom stereocenters. The summed E-state index contributed by atoms with van der Waals surface area (Å²) in [6.07, 6.45) is 10.3. The van der Waals surface area contributed by atoms with E-state index in [-0.39, 0.29) is 17.7 Å². The molecule has 10 rings (SSSR count). The van der Waals surface area contributed by atoms with Gasteiger partial charge in [-0.2, -0.15) is 5.10 Å². The highest BCUT2D eigenvalue weighted by Gasteiger charge is 2.33. The number of carbonyl (C=O) groups excluding carboxylic acids is 2. The molecule has 5 aliphatic heterocycles. The van der Waals surface area contributed by atoms with Crippen molar-refractivity contribution in [2.45, 2.75) is 70.3 Å². The summed E-state index contributed by atoms with van der Waals surface area (Å²) in [6, 6.07) is 15.2. The van der Waals surface area contributed by atoms with Gasteiger partial charge < -0.3 is 30.1 Å². The molecule has 2 amide bonds. The molecule has 0 aliphatic carbocycles. The second kappa shape index (κ2) is 15.8. The highest BCUT2D eigenvalue weighted by molar-refractivity contribution is 6.02. The lowest BCUT2D eigenvalue weighted by molar-refractivity contribution is -0.134. The topological polar surface area (TPSA) is 146 Å². The first-order chi connectivity index (χ1) is 28.8. The van der Waals surface area contributed by atoms with Crippen LogP contribution in [0.2, 0.25) is 0 Å². The van der Waals surface area contributed by atoms with Gasteiger partial charge in [0.25, 0.3) is 0 Å². The number of carbonyl (C=O) groups is 2. The van der Waals surface area contributed by atoms with Crippen molar-refractivity contribution in [3.05, 3.63) is 82.9 Å². The number of hydrogen-bond donors (Lipinski definition) is 3. The van der Waals surface area contributed by atoms with E-state index in [4.69, 9.17) is 14.8 Å². The lowest BCUT2D eigenvalue weighted by atomic mass is 9.86. The number of nitrogens with one attached hydrogen (secondary N) is 3. The number of nitrogens with zero attached hydrogens (tertiary/aromatic N) is 8. The first kappa shape index (κ1) is 37.5. The number of likely N-dealkylation sites (tertiary alicyclic amines) is 1. The first-order valence-corrected chi connectivity index (χ1v) is 21.4. The summed E-state index contributed by atoms with van der Waals surface area (Å²) in [4.78, 5) is 46.3. The van der Waals surface area contributed by atoms with Gasteiger partial charge in [0.2, 0.25) is 23.6 Å². The van der Waals surface area contributed by atoms with Crippen molar-refractivity contribution in [3.63, 3.8) is 0 Å². The Labute approximate surface area is 344 Å². The number of hydrogen-bond acceptors (Lipinski definition) is 12. The third kappa shape index (κ3) is 7.43. The molecule has 59 heavy (non-hydrogen) atoms. The zero-order valence-electron chi connectivity index (χ0n) is 34.0. The number of fused-ring (bicyclic) bond motifs is 3. The molecule has 2 aromatic carbocycles. The SMILES string of the molecule is Cc1c(N2CCc3cnc(Nc4ccc(N5CCC(CN6CCC(c7cccc8c(C9CCC(=O)NC9=O)nn(C)c78)CC6)CC5)cc4)nc3C2)cnc2c1NCCO2. The van der Waals surface area contributed by atoms with E-state index >= 15 is 0 Å². The maximum atomic E-state index is 12.7. The van der Waals surface area contributed by atoms with Gasteiger partial charge in [0, 0.05) is 74.7 Å². The lowest BCUT2D eigenvalue weighted by Crippen LogP contribution is -2.41. The Hall–Kier alpha value is -5.76. The molecule has 14 nitrogen and oxygen atoms in total. The molecule has 0 spiro atoms. The van der Waals surface area contributed by atoms with Crippen LogP contribution >= 0.6 is 0 Å². The molecule has 0 saturated carbocycles. The van der Waals surface area contributed by atoms with Crippen molar-refractivity contribution >= 4 is 51.4 Å². The fourth-order valence-electron chi connectivity index (χ4n) is 10.1. The molecule has 3 saturated heterocycles. The van der Waals surface area contributed by atoms with E-state index in [2.05, 4.69) is 90.0 Å². The summed E-state index contributed by atoms with van der Waals surface area (Å²) in [5.74, 6) is 1.66. The predicted molar refractivity (Wildman–Crippen MR) is 229 cm³/mol. The highest BCUT2D eigenvalue weighted by atomic mass is 16.5. The van der Waals surface area contributed by atoms with Gasteiger partial charge in [-0.05, 0) is 106 Å². The van der Waals surface area contributed by atoms with E-state index < -0.39 is 0 Å². The van der Waals surface area contributed by atoms with Crippen molar-refractivity contribution in [3.8, 4) is 5.88 Å². The quantitative estimate of drug-likeness (QED) is 0.164. The molecular weight excluding hydrogens is 743 g/mol. The molecular formula is C45H53N11O3. The van der Waals surface area contributed by atoms with Crippen LogP contribution in [-0.2, 0) is 29.6 Å². The summed E-state index contributed by atoms with van der Waals surface area (Å²) < 4.78 is 7.70. The van der Waals surface area contributed by atoms with Crippen LogP contribution in [0.4, 0.5) is 28.7 Å². The average molecular weight is 796 g/mol. The zero-order valence-corrected chi connectivity index (χ0v) is 34.0. The Kier molecular flexibility index (Phi) is 10.0. The van der Waals surface area contributed by atoms with Gasteiger partial charge in [-0.1, -0.05) is 18.2 Å². The summed E-state index contributed by atoms with van der Waals surface area (Å²) in [5, 5.41) is 15.3. The highest BCUT2D eigenvalue weighted by Crippen LogP contribution is 2.39. The van der Waals surface area contributed by atoms with Crippen LogP contribution in [0.1, 0.15) is 78.4 Å². The lowest BCUT2D eigenvalue weighted by Gasteiger charge is -2.38. The van der Waals surface area contributed by atoms with Crippen molar-refractivity contribution in [1.82, 2.24) is 34.9 Å². The number of amides is 2. The third-order valence-electron chi connectivity index (χ3n) is 13.3. The van der Waals surface area contributed by atoms with E-state index in [1.54, 1.807) is 0 Å². The van der Waals surface area contributed by atoms with Gasteiger partial charge in [-0.3, -0.25) is 19.6 Å². The Balaban J connectivity index is 0.708. The number of anilines is 5. The Morgan fingerprint density at radius 3 is 2.54 bits per heavy atom. The van der Waals surface area contributed by atoms with Crippen LogP contribution in [-0.4, -0.2) is 93.9 Å². The Morgan fingerprint density at radius 1 is 0.898 bits per heavy atom. The third-order valence-corrected chi connectivity index (χ3v) is 13.3. The second-order valence-electron chi connectivity index (χ2n) is 17.0. The largest absolute Gasteiger partial charge is 0.474 e. The Morgan fingerprint density at radius 2 is 1.73 bits per heavy atom. The van der Waals surface area contributed by atoms with E-state index in [1.165, 1.54) is 29.7 Å². The van der Waals surface area contributed by atoms with Crippen LogP contribution < -0.4 is 30.5 Å². The summed E-state index contributed by atoms with van der Waals surface area (Å²) in [7, 11) is 1.98. The number of aryl methyl sites for hydroxylation is 1. The van der Waals surface area contributed by atoms with Crippen LogP contribution in [0.15, 0.2) is 54.9 Å². The molecule has 8 heterocycles. The maximum Gasteiger partial charge on any atom is 0.237 e. The van der Waals surface area contributed by atoms with Gasteiger partial charge in [0.05, 0.1) is 41.3 Å². The standard InChI is InChI=1S/C45H53N11O3/c1-28-38(25-47-44-40(28)46-17-23-59-44)56-22-16-31-24-48-45(50-37(31)27-56)49-32-6-8-33(9-7-32)55-20-12-29(13-21-55)26-54-18-14-30(15-19-54)34-4-3-5-35-41(52-53(2)42(34)35)36-10-11-39(57)51-43(36)58/h3-9,24-25,29-30,36,46H,10-23,26-27H2,1-2H3,(H,48,49,50)(H,51,57,58). The second-order valence-corrected chi connectivity index (χ2v) is 17.0. The summed E-state index contributed by atoms with van der Waals surface area (Å²) in [6.45, 7) is 10.7. The van der Waals surface area contributed by atoms with Crippen LogP contribution in [0.5, 0.6) is 5.88 Å². The van der Waals surface area contributed by atoms with E-state index in [0.717, 1.165) is 110 Å². The Bertz CT molecular complexity index is 2380. The van der Waals surface area contributed by atoms with Gasteiger partial charge >= 0.3 is 0 Å². The first-order valence-electron chi connectivity index (χ1n) is 21.4. The average Bonchev–Trinajstić information content (AvgIpc) is 3.60. The fraction of sp³-hybridized carbons (Fsp3) is 0.467. The summed E-state index contributed by atoms with van der Waals surface area (Å²) in [5.41, 5.74) is 11.0. The van der Waals surface area contributed by atoms with Crippen LogP contribution in [0.25, 0.3) is 10.9 Å². The van der Waals surface area contributed by atoms with Gasteiger partial charge in [0.15, 0.2) is 0 Å². The number of ether oxygens (including phenoxy) is 1. The fourth-order valence-corrected chi connectivity index (χ4v) is 10.1. The van der Waals surface area contributed by atoms with Crippen molar-refractivity contribution in [2.24, 2.45) is 13.0 Å². The van der Waals surface area contributed by atoms with Crippen molar-refractivity contribution < 1.29 is 14.3 Å². The maximum absolute atomic E-state index is 12.7. The van der Waals surface area contributed by atoms with Crippen molar-refractivity contribution in [1.29, 1.82) is 0 Å². The normalized spacial score (nSPS) is 20.5. The van der Waals surface area contributed by atoms with Gasteiger partial charge in [-0.25, -0.2) is 15.0 Å². The molecule has 3 fully saturated rings. The number of imide groups is 1. The smallest absolute Gasteiger partial charge is 0.237 e. The molecule has 1 atom stereocenters. The number of benzene rings is 2. The number of para-hydroxylation sites is 1. The molecule has 5 aliphatic rings. The predicted octanol–water partition coefficient (Wildman–Crippen LogP) is 5.79. The summed E-state index contributed by atoms with van der Waals surface area (Å²) >= 11 is 0.